The molecular weight excluding hydrogens is 406 g/mol. The Kier molecular flexibility index (Phi) is 5.86. The Morgan fingerprint density at radius 1 is 0.933 bits per heavy atom. The molecule has 156 valence electrons. The normalized spacial score (nSPS) is 11.1. The zero-order valence-corrected chi connectivity index (χ0v) is 15.7. The van der Waals surface area contributed by atoms with E-state index in [0.29, 0.717) is 0 Å². The number of halogens is 4. The number of carbonyl (C=O) groups excluding carboxylic acids is 1. The zero-order valence-electron chi connectivity index (χ0n) is 15.7. The maximum Gasteiger partial charge on any atom is 0.573 e. The van der Waals surface area contributed by atoms with Crippen LogP contribution in [-0.2, 0) is 0 Å². The maximum atomic E-state index is 13.7. The van der Waals surface area contributed by atoms with Gasteiger partial charge in [-0.3, -0.25) is 4.79 Å². The van der Waals surface area contributed by atoms with Gasteiger partial charge in [0.2, 0.25) is 0 Å². The monoisotopic (exact) mass is 421 g/mol. The standard InChI is InChI=1S/C20H15F4N3O3/c1-11-17(12(2)26-19(25-11)29-16-10-6-4-8-14(16)21)27-18(28)13-7-3-5-9-15(13)30-20(22,23)24/h3-10H,1-2H3,(H,27,28). The fraction of sp³-hybridized carbons (Fsp3) is 0.150. The molecule has 0 saturated carbocycles. The summed E-state index contributed by atoms with van der Waals surface area (Å²) in [6.07, 6.45) is -4.95. The zero-order chi connectivity index (χ0) is 21.9. The number of para-hydroxylation sites is 2. The van der Waals surface area contributed by atoms with Gasteiger partial charge in [0, 0.05) is 0 Å². The number of amides is 1. The van der Waals surface area contributed by atoms with Crippen molar-refractivity contribution >= 4 is 11.6 Å². The Labute approximate surface area is 168 Å². The molecule has 0 unspecified atom stereocenters. The second-order valence-corrected chi connectivity index (χ2v) is 6.08. The molecule has 10 heteroatoms. The van der Waals surface area contributed by atoms with Gasteiger partial charge in [0.25, 0.3) is 5.91 Å². The van der Waals surface area contributed by atoms with Gasteiger partial charge in [-0.05, 0) is 38.1 Å². The lowest BCUT2D eigenvalue weighted by molar-refractivity contribution is -0.274. The highest BCUT2D eigenvalue weighted by Gasteiger charge is 2.33. The van der Waals surface area contributed by atoms with E-state index in [-0.39, 0.29) is 34.4 Å². The number of nitrogens with zero attached hydrogens (tertiary/aromatic N) is 2. The first-order valence-corrected chi connectivity index (χ1v) is 8.58. The molecule has 0 saturated heterocycles. The fourth-order valence-corrected chi connectivity index (χ4v) is 2.59. The van der Waals surface area contributed by atoms with E-state index < -0.39 is 23.8 Å². The summed E-state index contributed by atoms with van der Waals surface area (Å²) >= 11 is 0. The summed E-state index contributed by atoms with van der Waals surface area (Å²) in [7, 11) is 0. The SMILES string of the molecule is Cc1nc(Oc2ccccc2F)nc(C)c1NC(=O)c1ccccc1OC(F)(F)F. The number of carbonyl (C=O) groups is 1. The van der Waals surface area contributed by atoms with Crippen LogP contribution in [0.4, 0.5) is 23.2 Å². The molecule has 1 heterocycles. The van der Waals surface area contributed by atoms with E-state index in [0.717, 1.165) is 6.07 Å². The van der Waals surface area contributed by atoms with Crippen LogP contribution in [0.1, 0.15) is 21.7 Å². The second kappa shape index (κ2) is 8.36. The third kappa shape index (κ3) is 5.02. The van der Waals surface area contributed by atoms with Crippen LogP contribution in [0.15, 0.2) is 48.5 Å². The Balaban J connectivity index is 1.84. The number of ether oxygens (including phenoxy) is 2. The number of anilines is 1. The van der Waals surface area contributed by atoms with E-state index in [2.05, 4.69) is 20.0 Å². The summed E-state index contributed by atoms with van der Waals surface area (Å²) in [5.74, 6) is -2.16. The molecule has 3 aromatic rings. The van der Waals surface area contributed by atoms with Crippen molar-refractivity contribution < 1.29 is 31.8 Å². The number of aryl methyl sites for hydroxylation is 2. The van der Waals surface area contributed by atoms with Crippen molar-refractivity contribution in [2.45, 2.75) is 20.2 Å². The minimum atomic E-state index is -4.95. The van der Waals surface area contributed by atoms with E-state index in [1.807, 2.05) is 0 Å². The summed E-state index contributed by atoms with van der Waals surface area (Å²) < 4.78 is 60.7. The van der Waals surface area contributed by atoms with Crippen LogP contribution in [0.25, 0.3) is 0 Å². The topological polar surface area (TPSA) is 73.3 Å². The second-order valence-electron chi connectivity index (χ2n) is 6.08. The van der Waals surface area contributed by atoms with Crippen molar-refractivity contribution in [3.8, 4) is 17.5 Å². The van der Waals surface area contributed by atoms with Gasteiger partial charge in [0.1, 0.15) is 5.75 Å². The van der Waals surface area contributed by atoms with Gasteiger partial charge >= 0.3 is 12.4 Å². The molecule has 2 aromatic carbocycles. The number of aromatic nitrogens is 2. The molecule has 0 atom stereocenters. The van der Waals surface area contributed by atoms with Gasteiger partial charge < -0.3 is 14.8 Å². The van der Waals surface area contributed by atoms with Crippen molar-refractivity contribution in [2.24, 2.45) is 0 Å². The number of nitrogens with one attached hydrogen (secondary N) is 1. The first-order valence-electron chi connectivity index (χ1n) is 8.58. The molecule has 0 aliphatic carbocycles. The van der Waals surface area contributed by atoms with Gasteiger partial charge in [-0.15, -0.1) is 13.2 Å². The van der Waals surface area contributed by atoms with Crippen LogP contribution in [-0.4, -0.2) is 22.2 Å². The molecule has 30 heavy (non-hydrogen) atoms. The minimum Gasteiger partial charge on any atom is -0.421 e. The van der Waals surface area contributed by atoms with Crippen LogP contribution in [0, 0.1) is 19.7 Å². The lowest BCUT2D eigenvalue weighted by Crippen LogP contribution is -2.21. The van der Waals surface area contributed by atoms with Crippen LogP contribution >= 0.6 is 0 Å². The minimum absolute atomic E-state index is 0.0775. The summed E-state index contributed by atoms with van der Waals surface area (Å²) in [5.41, 5.74) is 0.413. The molecule has 0 aliphatic rings. The lowest BCUT2D eigenvalue weighted by Gasteiger charge is -2.15. The van der Waals surface area contributed by atoms with Crippen molar-refractivity contribution in [2.75, 3.05) is 5.32 Å². The predicted octanol–water partition coefficient (Wildman–Crippen LogP) is 5.18. The fourth-order valence-electron chi connectivity index (χ4n) is 2.59. The van der Waals surface area contributed by atoms with Crippen LogP contribution in [0.3, 0.4) is 0 Å². The number of rotatable bonds is 5. The molecule has 6 nitrogen and oxygen atoms in total. The van der Waals surface area contributed by atoms with Gasteiger partial charge in [0.05, 0.1) is 22.6 Å². The maximum absolute atomic E-state index is 13.7. The summed E-state index contributed by atoms with van der Waals surface area (Å²) in [4.78, 5) is 20.7. The molecule has 0 spiro atoms. The Morgan fingerprint density at radius 3 is 2.10 bits per heavy atom. The third-order valence-corrected chi connectivity index (χ3v) is 3.88. The number of benzene rings is 2. The number of alkyl halides is 3. The van der Waals surface area contributed by atoms with Crippen molar-refractivity contribution in [3.05, 3.63) is 71.3 Å². The molecule has 1 amide bonds. The molecular formula is C20H15F4N3O3. The van der Waals surface area contributed by atoms with Gasteiger partial charge in [-0.25, -0.2) is 4.39 Å². The Bertz CT molecular complexity index is 1060. The molecule has 0 aliphatic heterocycles. The Morgan fingerprint density at radius 2 is 1.50 bits per heavy atom. The highest BCUT2D eigenvalue weighted by Crippen LogP contribution is 2.29. The van der Waals surface area contributed by atoms with E-state index >= 15 is 0 Å². The van der Waals surface area contributed by atoms with Gasteiger partial charge in [0.15, 0.2) is 11.6 Å². The van der Waals surface area contributed by atoms with Crippen molar-refractivity contribution in [1.82, 2.24) is 9.97 Å². The summed E-state index contributed by atoms with van der Waals surface area (Å²) in [5, 5.41) is 2.48. The first-order chi connectivity index (χ1) is 14.1. The predicted molar refractivity (Wildman–Crippen MR) is 99.1 cm³/mol. The lowest BCUT2D eigenvalue weighted by atomic mass is 10.1. The third-order valence-electron chi connectivity index (χ3n) is 3.88. The Hall–Kier alpha value is -3.69. The largest absolute Gasteiger partial charge is 0.573 e. The number of hydrogen-bond acceptors (Lipinski definition) is 5. The van der Waals surface area contributed by atoms with Crippen molar-refractivity contribution in [3.63, 3.8) is 0 Å². The molecule has 3 rings (SSSR count). The molecule has 1 aromatic heterocycles. The average molecular weight is 421 g/mol. The smallest absolute Gasteiger partial charge is 0.421 e. The highest BCUT2D eigenvalue weighted by atomic mass is 19.4. The average Bonchev–Trinajstić information content (AvgIpc) is 2.65. The molecule has 0 radical (unpaired) electrons. The van der Waals surface area contributed by atoms with E-state index in [1.54, 1.807) is 6.07 Å². The molecule has 0 fully saturated rings. The highest BCUT2D eigenvalue weighted by molar-refractivity contribution is 6.06. The van der Waals surface area contributed by atoms with Crippen molar-refractivity contribution in [1.29, 1.82) is 0 Å². The van der Waals surface area contributed by atoms with Gasteiger partial charge in [-0.1, -0.05) is 24.3 Å². The van der Waals surface area contributed by atoms with Crippen LogP contribution in [0.5, 0.6) is 17.5 Å². The summed E-state index contributed by atoms with van der Waals surface area (Å²) in [6, 6.07) is 10.5. The van der Waals surface area contributed by atoms with E-state index in [1.165, 1.54) is 50.2 Å². The van der Waals surface area contributed by atoms with Crippen LogP contribution < -0.4 is 14.8 Å². The molecule has 1 N–H and O–H groups in total. The van der Waals surface area contributed by atoms with E-state index in [9.17, 15) is 22.4 Å². The van der Waals surface area contributed by atoms with E-state index in [4.69, 9.17) is 4.74 Å². The number of hydrogen-bond donors (Lipinski definition) is 1. The molecule has 0 bridgehead atoms. The quantitative estimate of drug-likeness (QED) is 0.575. The van der Waals surface area contributed by atoms with Gasteiger partial charge in [-0.2, -0.15) is 9.97 Å². The van der Waals surface area contributed by atoms with Crippen LogP contribution in [0.2, 0.25) is 0 Å². The first kappa shape index (κ1) is 21.0. The summed E-state index contributed by atoms with van der Waals surface area (Å²) in [6.45, 7) is 3.08.